The van der Waals surface area contributed by atoms with Gasteiger partial charge in [-0.15, -0.1) is 0 Å². The molecular weight excluding hydrogens is 814 g/mol. The van der Waals surface area contributed by atoms with Crippen molar-refractivity contribution >= 4 is 58.8 Å². The average molecular weight is 874 g/mol. The first-order valence-electron chi connectivity index (χ1n) is 21.6. The van der Waals surface area contributed by atoms with Gasteiger partial charge in [0.1, 0.15) is 24.2 Å². The Morgan fingerprint density at radius 2 is 1.23 bits per heavy atom. The Labute approximate surface area is 368 Å². The van der Waals surface area contributed by atoms with Gasteiger partial charge in [0.2, 0.25) is 23.6 Å². The summed E-state index contributed by atoms with van der Waals surface area (Å²) in [5, 5.41) is 12.0. The highest BCUT2D eigenvalue weighted by Gasteiger charge is 2.42. The number of alkyl carbamates (subject to hydrolysis) is 2. The number of methoxy groups -OCH3 is 2. The molecule has 0 aromatic heterocycles. The Morgan fingerprint density at radius 1 is 0.694 bits per heavy atom. The number of carbonyl (C=O) groups is 6. The Bertz CT molecular complexity index is 2020. The zero-order valence-electron chi connectivity index (χ0n) is 36.4. The van der Waals surface area contributed by atoms with E-state index in [1.807, 2.05) is 88.4 Å². The van der Waals surface area contributed by atoms with E-state index in [-0.39, 0.29) is 53.5 Å². The first-order chi connectivity index (χ1) is 29.7. The molecule has 2 aromatic rings. The summed E-state index contributed by atoms with van der Waals surface area (Å²) < 4.78 is 9.46. The SMILES string of the molecule is COC(=O)N[C@H](C(=O)N1CCC[C@H]1C(=O)NC1=CCC([C@H]2CC[C@H](c3ccc(NC(=O)[C@@H]4CCCN4C(=O)[C@@H](NC(=O)OC)C(C)C)cc3)N2c2ccc(Cl)cc2)C=C1)C(C)C. The molecule has 0 spiro atoms. The minimum Gasteiger partial charge on any atom is -0.453 e. The van der Waals surface area contributed by atoms with E-state index in [0.29, 0.717) is 61.6 Å². The second-order valence-electron chi connectivity index (χ2n) is 17.2. The Morgan fingerprint density at radius 3 is 1.71 bits per heavy atom. The average Bonchev–Trinajstić information content (AvgIpc) is 4.06. The summed E-state index contributed by atoms with van der Waals surface area (Å²) in [6, 6.07) is 13.0. The number of carbonyl (C=O) groups excluding carboxylic acids is 6. The van der Waals surface area contributed by atoms with Crippen molar-refractivity contribution in [1.29, 1.82) is 0 Å². The van der Waals surface area contributed by atoms with Crippen molar-refractivity contribution in [2.24, 2.45) is 17.8 Å². The number of nitrogens with one attached hydrogen (secondary N) is 4. The van der Waals surface area contributed by atoms with Crippen molar-refractivity contribution in [3.63, 3.8) is 0 Å². The molecule has 1 aliphatic carbocycles. The second kappa shape index (κ2) is 20.5. The summed E-state index contributed by atoms with van der Waals surface area (Å²) in [6.45, 7) is 8.20. The van der Waals surface area contributed by atoms with Gasteiger partial charge in [0.05, 0.1) is 20.3 Å². The van der Waals surface area contributed by atoms with E-state index >= 15 is 0 Å². The monoisotopic (exact) mass is 873 g/mol. The van der Waals surface area contributed by atoms with Gasteiger partial charge in [0.25, 0.3) is 0 Å². The lowest BCUT2D eigenvalue weighted by molar-refractivity contribution is -0.140. The summed E-state index contributed by atoms with van der Waals surface area (Å²) in [5.74, 6) is -1.39. The Hall–Kier alpha value is -5.57. The van der Waals surface area contributed by atoms with E-state index in [1.54, 1.807) is 9.80 Å². The van der Waals surface area contributed by atoms with Crippen LogP contribution in [0.25, 0.3) is 0 Å². The lowest BCUT2D eigenvalue weighted by atomic mass is 9.90. The number of hydrogen-bond donors (Lipinski definition) is 4. The predicted octanol–water partition coefficient (Wildman–Crippen LogP) is 6.31. The van der Waals surface area contributed by atoms with Crippen LogP contribution in [0.4, 0.5) is 21.0 Å². The summed E-state index contributed by atoms with van der Waals surface area (Å²) in [5.41, 5.74) is 3.44. The maximum atomic E-state index is 13.6. The first kappa shape index (κ1) is 45.9. The molecule has 15 nitrogen and oxygen atoms in total. The fourth-order valence-corrected chi connectivity index (χ4v) is 9.31. The van der Waals surface area contributed by atoms with Gasteiger partial charge < -0.3 is 45.4 Å². The molecule has 334 valence electrons. The molecule has 3 aliphatic heterocycles. The summed E-state index contributed by atoms with van der Waals surface area (Å²) in [4.78, 5) is 83.8. The summed E-state index contributed by atoms with van der Waals surface area (Å²) in [7, 11) is 2.50. The van der Waals surface area contributed by atoms with Crippen LogP contribution in [0.15, 0.2) is 72.5 Å². The molecule has 4 N–H and O–H groups in total. The molecule has 6 amide bonds. The number of hydrogen-bond acceptors (Lipinski definition) is 9. The molecule has 62 heavy (non-hydrogen) atoms. The van der Waals surface area contributed by atoms with Gasteiger partial charge in [-0.1, -0.05) is 63.6 Å². The number of likely N-dealkylation sites (tertiary alicyclic amines) is 2. The molecule has 2 aromatic carbocycles. The van der Waals surface area contributed by atoms with Crippen molar-refractivity contribution < 1.29 is 38.2 Å². The molecule has 16 heteroatoms. The van der Waals surface area contributed by atoms with Crippen molar-refractivity contribution in [1.82, 2.24) is 25.8 Å². The van der Waals surface area contributed by atoms with Crippen molar-refractivity contribution in [2.75, 3.05) is 37.5 Å². The molecule has 7 atom stereocenters. The maximum absolute atomic E-state index is 13.6. The fraction of sp³-hybridized carbons (Fsp3) is 0.522. The minimum absolute atomic E-state index is 0.0388. The van der Waals surface area contributed by atoms with Crippen LogP contribution >= 0.6 is 11.6 Å². The normalized spacial score (nSPS) is 23.1. The van der Waals surface area contributed by atoms with Crippen LogP contribution < -0.4 is 26.2 Å². The van der Waals surface area contributed by atoms with E-state index in [9.17, 15) is 28.8 Å². The number of rotatable bonds is 13. The third-order valence-corrected chi connectivity index (χ3v) is 12.7. The smallest absolute Gasteiger partial charge is 0.407 e. The van der Waals surface area contributed by atoms with Gasteiger partial charge in [-0.05, 0) is 105 Å². The third-order valence-electron chi connectivity index (χ3n) is 12.5. The molecule has 0 saturated carbocycles. The molecule has 1 unspecified atom stereocenters. The Balaban J connectivity index is 1.10. The standard InChI is InChI=1S/C46H60ClN7O8/c1-27(2)39(50-45(59)61-5)43(57)52-25-7-9-37(52)41(55)48-32-17-11-29(12-18-32)35-23-24-36(54(35)34-21-15-31(47)16-22-34)30-13-19-33(20-14-30)49-42(56)38-10-8-26-53(38)44(58)40(28(3)4)51-46(60)62-6/h11-13,15-22,27-28,30,35-40H,7-10,14,23-26H2,1-6H3,(H,48,55)(H,49,56)(H,50,59)(H,51,60)/t30?,35-,36-,37+,38+,39+,40+/m1/s1. The van der Waals surface area contributed by atoms with Crippen LogP contribution in [0.3, 0.4) is 0 Å². The number of nitrogens with zero attached hydrogens (tertiary/aromatic N) is 3. The molecular formula is C46H60ClN7O8. The molecule has 4 aliphatic rings. The molecule has 3 heterocycles. The number of benzene rings is 2. The van der Waals surface area contributed by atoms with Gasteiger partial charge in [-0.3, -0.25) is 19.2 Å². The van der Waals surface area contributed by atoms with E-state index in [4.69, 9.17) is 21.1 Å². The van der Waals surface area contributed by atoms with Gasteiger partial charge in [-0.25, -0.2) is 9.59 Å². The highest BCUT2D eigenvalue weighted by atomic mass is 35.5. The fourth-order valence-electron chi connectivity index (χ4n) is 9.19. The number of ether oxygens (including phenoxy) is 2. The van der Waals surface area contributed by atoms with Crippen molar-refractivity contribution in [3.8, 4) is 0 Å². The van der Waals surface area contributed by atoms with Crippen LogP contribution in [0, 0.1) is 17.8 Å². The molecule has 3 fully saturated rings. The topological polar surface area (TPSA) is 179 Å². The maximum Gasteiger partial charge on any atom is 0.407 e. The molecule has 6 rings (SSSR count). The highest BCUT2D eigenvalue weighted by molar-refractivity contribution is 6.30. The highest BCUT2D eigenvalue weighted by Crippen LogP contribution is 2.44. The van der Waals surface area contributed by atoms with Crippen LogP contribution in [-0.4, -0.2) is 103 Å². The van der Waals surface area contributed by atoms with Gasteiger partial charge >= 0.3 is 12.2 Å². The number of halogens is 1. The van der Waals surface area contributed by atoms with Crippen LogP contribution in [0.2, 0.25) is 5.02 Å². The number of amides is 6. The zero-order valence-corrected chi connectivity index (χ0v) is 37.2. The van der Waals surface area contributed by atoms with E-state index in [1.165, 1.54) is 14.2 Å². The van der Waals surface area contributed by atoms with Crippen molar-refractivity contribution in [2.45, 2.75) is 109 Å². The lowest BCUT2D eigenvalue weighted by Crippen LogP contribution is -2.55. The number of anilines is 2. The molecule has 0 radical (unpaired) electrons. The minimum atomic E-state index is -0.813. The van der Waals surface area contributed by atoms with Crippen LogP contribution in [0.5, 0.6) is 0 Å². The lowest BCUT2D eigenvalue weighted by Gasteiger charge is -2.37. The van der Waals surface area contributed by atoms with Gasteiger partial charge in [0, 0.05) is 47.1 Å². The molecule has 0 bridgehead atoms. The van der Waals surface area contributed by atoms with E-state index < -0.39 is 36.4 Å². The van der Waals surface area contributed by atoms with E-state index in [2.05, 4.69) is 32.2 Å². The second-order valence-corrected chi connectivity index (χ2v) is 17.6. The summed E-state index contributed by atoms with van der Waals surface area (Å²) in [6.07, 6.45) is 9.68. The zero-order chi connectivity index (χ0) is 44.7. The summed E-state index contributed by atoms with van der Waals surface area (Å²) >= 11 is 6.34. The van der Waals surface area contributed by atoms with Gasteiger partial charge in [-0.2, -0.15) is 0 Å². The Kier molecular flexibility index (Phi) is 15.2. The quantitative estimate of drug-likeness (QED) is 0.180. The van der Waals surface area contributed by atoms with Crippen LogP contribution in [-0.2, 0) is 28.7 Å². The van der Waals surface area contributed by atoms with Crippen LogP contribution in [0.1, 0.15) is 84.2 Å². The largest absolute Gasteiger partial charge is 0.453 e. The first-order valence-corrected chi connectivity index (χ1v) is 22.0. The van der Waals surface area contributed by atoms with Crippen molar-refractivity contribution in [3.05, 3.63) is 83.0 Å². The molecule has 3 saturated heterocycles. The van der Waals surface area contributed by atoms with Gasteiger partial charge in [0.15, 0.2) is 0 Å². The predicted molar refractivity (Wildman–Crippen MR) is 236 cm³/mol. The van der Waals surface area contributed by atoms with E-state index in [0.717, 1.165) is 24.1 Å². The third kappa shape index (κ3) is 10.5. The number of allylic oxidation sites excluding steroid dienone is 2.